The maximum atomic E-state index is 12.8. The van der Waals surface area contributed by atoms with Gasteiger partial charge in [0.05, 0.1) is 6.07 Å². The Balaban J connectivity index is 1.71. The Labute approximate surface area is 150 Å². The zero-order valence-electron chi connectivity index (χ0n) is 13.7. The number of benzene rings is 3. The first-order valence-corrected chi connectivity index (χ1v) is 8.06. The van der Waals surface area contributed by atoms with Crippen LogP contribution in [0, 0.1) is 11.3 Å². The molecule has 0 spiro atoms. The zero-order valence-corrected chi connectivity index (χ0v) is 13.7. The second-order valence-corrected chi connectivity index (χ2v) is 5.89. The number of hydrogen-bond donors (Lipinski definition) is 1. The minimum atomic E-state index is -0.749. The van der Waals surface area contributed by atoms with Gasteiger partial charge in [0.2, 0.25) is 0 Å². The molecule has 126 valence electrons. The molecule has 26 heavy (non-hydrogen) atoms. The van der Waals surface area contributed by atoms with Crippen LogP contribution in [-0.4, -0.2) is 11.0 Å². The molecule has 0 bridgehead atoms. The number of carbonyl (C=O) groups is 1. The summed E-state index contributed by atoms with van der Waals surface area (Å²) in [7, 11) is 0. The normalized spacial score (nSPS) is 15.4. The maximum Gasteiger partial charge on any atom is 0.260 e. The van der Waals surface area contributed by atoms with E-state index in [0.717, 1.165) is 0 Å². The van der Waals surface area contributed by atoms with Crippen molar-refractivity contribution in [1.82, 2.24) is 0 Å². The van der Waals surface area contributed by atoms with Gasteiger partial charge < -0.3 is 9.84 Å². The Bertz CT molecular complexity index is 1010. The van der Waals surface area contributed by atoms with E-state index in [1.165, 1.54) is 17.0 Å². The maximum absolute atomic E-state index is 12.8. The van der Waals surface area contributed by atoms with Gasteiger partial charge >= 0.3 is 0 Å². The Morgan fingerprint density at radius 2 is 1.69 bits per heavy atom. The van der Waals surface area contributed by atoms with E-state index in [1.54, 1.807) is 30.3 Å². The van der Waals surface area contributed by atoms with Crippen molar-refractivity contribution in [3.63, 3.8) is 0 Å². The SMILES string of the molecule is N#CC1c2cc(Oc3ccccc3)ccc2C(=O)N1c1ccc(O)cc1. The van der Waals surface area contributed by atoms with E-state index >= 15 is 0 Å². The van der Waals surface area contributed by atoms with E-state index in [9.17, 15) is 15.2 Å². The summed E-state index contributed by atoms with van der Waals surface area (Å²) < 4.78 is 5.82. The molecule has 1 N–H and O–H groups in total. The van der Waals surface area contributed by atoms with Crippen molar-refractivity contribution in [3.8, 4) is 23.3 Å². The molecular weight excluding hydrogens is 328 g/mol. The van der Waals surface area contributed by atoms with Crippen molar-refractivity contribution < 1.29 is 14.6 Å². The Kier molecular flexibility index (Phi) is 3.79. The van der Waals surface area contributed by atoms with Crippen LogP contribution in [0.1, 0.15) is 22.0 Å². The number of phenolic OH excluding ortho intramolecular Hbond substituents is 1. The molecule has 5 heteroatoms. The van der Waals surface area contributed by atoms with E-state index in [0.29, 0.717) is 28.3 Å². The lowest BCUT2D eigenvalue weighted by molar-refractivity contribution is 0.0994. The van der Waals surface area contributed by atoms with Gasteiger partial charge in [-0.2, -0.15) is 5.26 Å². The van der Waals surface area contributed by atoms with E-state index in [2.05, 4.69) is 6.07 Å². The molecule has 0 aliphatic carbocycles. The molecule has 1 aliphatic heterocycles. The molecule has 1 amide bonds. The molecule has 3 aromatic carbocycles. The summed E-state index contributed by atoms with van der Waals surface area (Å²) in [5, 5.41) is 19.1. The lowest BCUT2D eigenvalue weighted by atomic mass is 10.1. The summed E-state index contributed by atoms with van der Waals surface area (Å²) >= 11 is 0. The second-order valence-electron chi connectivity index (χ2n) is 5.89. The Morgan fingerprint density at radius 3 is 2.38 bits per heavy atom. The first kappa shape index (κ1) is 15.7. The summed E-state index contributed by atoms with van der Waals surface area (Å²) in [6.07, 6.45) is 0. The largest absolute Gasteiger partial charge is 0.508 e. The van der Waals surface area contributed by atoms with Crippen molar-refractivity contribution in [2.45, 2.75) is 6.04 Å². The Morgan fingerprint density at radius 1 is 0.962 bits per heavy atom. The number of nitriles is 1. The number of hydrogen-bond acceptors (Lipinski definition) is 4. The van der Waals surface area contributed by atoms with Crippen molar-refractivity contribution in [1.29, 1.82) is 5.26 Å². The average Bonchev–Trinajstić information content (AvgIpc) is 2.95. The third kappa shape index (κ3) is 2.64. The quantitative estimate of drug-likeness (QED) is 0.765. The van der Waals surface area contributed by atoms with Crippen molar-refractivity contribution >= 4 is 11.6 Å². The highest BCUT2D eigenvalue weighted by atomic mass is 16.5. The smallest absolute Gasteiger partial charge is 0.260 e. The van der Waals surface area contributed by atoms with Crippen molar-refractivity contribution in [2.75, 3.05) is 4.90 Å². The highest BCUT2D eigenvalue weighted by Crippen LogP contribution is 2.39. The number of ether oxygens (including phenoxy) is 1. The number of anilines is 1. The molecule has 1 atom stereocenters. The lowest BCUT2D eigenvalue weighted by Gasteiger charge is -2.20. The van der Waals surface area contributed by atoms with Gasteiger partial charge in [-0.3, -0.25) is 9.69 Å². The van der Waals surface area contributed by atoms with E-state index in [1.807, 2.05) is 30.3 Å². The van der Waals surface area contributed by atoms with Crippen LogP contribution in [0.25, 0.3) is 0 Å². The molecule has 0 aromatic heterocycles. The van der Waals surface area contributed by atoms with E-state index in [4.69, 9.17) is 4.74 Å². The zero-order chi connectivity index (χ0) is 18.1. The fraction of sp³-hybridized carbons (Fsp3) is 0.0476. The van der Waals surface area contributed by atoms with Crippen LogP contribution in [-0.2, 0) is 0 Å². The second kappa shape index (κ2) is 6.26. The molecular formula is C21H14N2O3. The molecule has 0 fully saturated rings. The third-order valence-corrected chi connectivity index (χ3v) is 4.25. The number of fused-ring (bicyclic) bond motifs is 1. The monoisotopic (exact) mass is 342 g/mol. The summed E-state index contributed by atoms with van der Waals surface area (Å²) in [6, 6.07) is 22.1. The molecule has 1 unspecified atom stereocenters. The van der Waals surface area contributed by atoms with Gasteiger partial charge in [0, 0.05) is 16.8 Å². The molecule has 1 aliphatic rings. The molecule has 5 nitrogen and oxygen atoms in total. The molecule has 0 saturated heterocycles. The molecule has 4 rings (SSSR count). The van der Waals surface area contributed by atoms with Crippen LogP contribution in [0.15, 0.2) is 72.8 Å². The van der Waals surface area contributed by atoms with Crippen LogP contribution < -0.4 is 9.64 Å². The number of phenols is 1. The first-order valence-electron chi connectivity index (χ1n) is 8.06. The third-order valence-electron chi connectivity index (χ3n) is 4.25. The number of carbonyl (C=O) groups excluding carboxylic acids is 1. The molecule has 0 saturated carbocycles. The van der Waals surface area contributed by atoms with Gasteiger partial charge in [-0.05, 0) is 54.6 Å². The summed E-state index contributed by atoms with van der Waals surface area (Å²) in [5.74, 6) is 1.10. The van der Waals surface area contributed by atoms with Crippen molar-refractivity contribution in [3.05, 3.63) is 83.9 Å². The van der Waals surface area contributed by atoms with Crippen LogP contribution >= 0.6 is 0 Å². The van der Waals surface area contributed by atoms with E-state index < -0.39 is 6.04 Å². The van der Waals surface area contributed by atoms with Gasteiger partial charge in [-0.1, -0.05) is 18.2 Å². The number of para-hydroxylation sites is 1. The standard InChI is InChI=1S/C21H14N2O3/c22-13-20-19-12-17(26-16-4-2-1-3-5-16)10-11-18(19)21(25)23(20)14-6-8-15(24)9-7-14/h1-12,20,24H. The number of amides is 1. The number of nitrogens with zero attached hydrogens (tertiary/aromatic N) is 2. The van der Waals surface area contributed by atoms with Crippen LogP contribution in [0.3, 0.4) is 0 Å². The number of aromatic hydroxyl groups is 1. The molecule has 1 heterocycles. The highest BCUT2D eigenvalue weighted by molar-refractivity contribution is 6.11. The average molecular weight is 342 g/mol. The molecule has 0 radical (unpaired) electrons. The van der Waals surface area contributed by atoms with Crippen LogP contribution in [0.5, 0.6) is 17.2 Å². The van der Waals surface area contributed by atoms with Gasteiger partial charge in [-0.25, -0.2) is 0 Å². The van der Waals surface area contributed by atoms with Gasteiger partial charge in [0.1, 0.15) is 17.2 Å². The van der Waals surface area contributed by atoms with Crippen molar-refractivity contribution in [2.24, 2.45) is 0 Å². The van der Waals surface area contributed by atoms with Gasteiger partial charge in [0.15, 0.2) is 6.04 Å². The van der Waals surface area contributed by atoms with E-state index in [-0.39, 0.29) is 11.7 Å². The number of rotatable bonds is 3. The Hall–Kier alpha value is -3.78. The minimum absolute atomic E-state index is 0.102. The summed E-state index contributed by atoms with van der Waals surface area (Å²) in [6.45, 7) is 0. The predicted octanol–water partition coefficient (Wildman–Crippen LogP) is 4.41. The lowest BCUT2D eigenvalue weighted by Crippen LogP contribution is -2.26. The van der Waals surface area contributed by atoms with Crippen LogP contribution in [0.4, 0.5) is 5.69 Å². The summed E-state index contributed by atoms with van der Waals surface area (Å²) in [5.41, 5.74) is 1.64. The topological polar surface area (TPSA) is 73.6 Å². The van der Waals surface area contributed by atoms with Gasteiger partial charge in [0.25, 0.3) is 5.91 Å². The fourth-order valence-corrected chi connectivity index (χ4v) is 3.04. The molecule has 3 aromatic rings. The predicted molar refractivity (Wildman–Crippen MR) is 96.2 cm³/mol. The summed E-state index contributed by atoms with van der Waals surface area (Å²) in [4.78, 5) is 14.2. The minimum Gasteiger partial charge on any atom is -0.508 e. The first-order chi connectivity index (χ1) is 12.7. The van der Waals surface area contributed by atoms with Crippen LogP contribution in [0.2, 0.25) is 0 Å². The highest BCUT2D eigenvalue weighted by Gasteiger charge is 2.38. The van der Waals surface area contributed by atoms with Gasteiger partial charge in [-0.15, -0.1) is 0 Å². The fourth-order valence-electron chi connectivity index (χ4n) is 3.04.